The molecular weight excluding hydrogens is 462 g/mol. The van der Waals surface area contributed by atoms with Crippen molar-refractivity contribution in [3.05, 3.63) is 90.0 Å². The number of rotatable bonds is 8. The molecule has 0 radical (unpaired) electrons. The van der Waals surface area contributed by atoms with E-state index in [1.165, 1.54) is 5.56 Å². The lowest BCUT2D eigenvalue weighted by Gasteiger charge is -2.35. The van der Waals surface area contributed by atoms with Crippen LogP contribution in [0.15, 0.2) is 78.9 Å². The number of benzene rings is 3. The molecule has 192 valence electrons. The van der Waals surface area contributed by atoms with Crippen molar-refractivity contribution in [3.8, 4) is 5.75 Å². The summed E-state index contributed by atoms with van der Waals surface area (Å²) >= 11 is 0. The normalized spacial score (nSPS) is 16.0. The standard InChI is InChI=1S/C31H35N3O3/c35-30(23-37-27-11-5-2-6-12-27)32-26-13-14-29(28(22-26)31(36)34-17-7-8-18-34)33-19-15-25(16-20-33)21-24-9-3-1-4-10-24/h1-6,9-14,22,25H,7-8,15-21,23H2,(H,32,35). The molecule has 0 aromatic heterocycles. The number of anilines is 2. The number of amides is 2. The van der Waals surface area contributed by atoms with E-state index in [-0.39, 0.29) is 18.4 Å². The van der Waals surface area contributed by atoms with Gasteiger partial charge >= 0.3 is 0 Å². The molecule has 0 bridgehead atoms. The Hall–Kier alpha value is -3.80. The topological polar surface area (TPSA) is 61.9 Å². The third-order valence-electron chi connectivity index (χ3n) is 7.34. The Bertz CT molecular complexity index is 1180. The van der Waals surface area contributed by atoms with Gasteiger partial charge < -0.3 is 19.9 Å². The molecule has 0 saturated carbocycles. The number of hydrogen-bond acceptors (Lipinski definition) is 4. The molecule has 2 fully saturated rings. The van der Waals surface area contributed by atoms with Crippen LogP contribution in [-0.4, -0.2) is 49.5 Å². The lowest BCUT2D eigenvalue weighted by Crippen LogP contribution is -2.36. The molecule has 2 aliphatic heterocycles. The second kappa shape index (κ2) is 12.0. The second-order valence-corrected chi connectivity index (χ2v) is 10.0. The average molecular weight is 498 g/mol. The van der Waals surface area contributed by atoms with Gasteiger partial charge in [0.2, 0.25) is 0 Å². The van der Waals surface area contributed by atoms with Crippen LogP contribution < -0.4 is 15.0 Å². The minimum absolute atomic E-state index is 0.0514. The maximum atomic E-state index is 13.5. The minimum Gasteiger partial charge on any atom is -0.484 e. The largest absolute Gasteiger partial charge is 0.484 e. The Kier molecular flexibility index (Phi) is 8.04. The Labute approximate surface area is 219 Å². The summed E-state index contributed by atoms with van der Waals surface area (Å²) in [6.07, 6.45) is 5.38. The Morgan fingerprint density at radius 2 is 1.51 bits per heavy atom. The van der Waals surface area contributed by atoms with Gasteiger partial charge in [-0.1, -0.05) is 48.5 Å². The third-order valence-corrected chi connectivity index (χ3v) is 7.34. The van der Waals surface area contributed by atoms with Crippen molar-refractivity contribution in [3.63, 3.8) is 0 Å². The lowest BCUT2D eigenvalue weighted by atomic mass is 9.89. The van der Waals surface area contributed by atoms with Crippen LogP contribution >= 0.6 is 0 Å². The van der Waals surface area contributed by atoms with Crippen LogP contribution in [0.3, 0.4) is 0 Å². The van der Waals surface area contributed by atoms with E-state index >= 15 is 0 Å². The van der Waals surface area contributed by atoms with Gasteiger partial charge in [0.25, 0.3) is 11.8 Å². The first-order valence-corrected chi connectivity index (χ1v) is 13.4. The summed E-state index contributed by atoms with van der Waals surface area (Å²) in [5, 5.41) is 2.91. The number of likely N-dealkylation sites (tertiary alicyclic amines) is 1. The first-order valence-electron chi connectivity index (χ1n) is 13.4. The van der Waals surface area contributed by atoms with Gasteiger partial charge in [0.15, 0.2) is 6.61 Å². The average Bonchev–Trinajstić information content (AvgIpc) is 3.48. The zero-order valence-corrected chi connectivity index (χ0v) is 21.3. The van der Waals surface area contributed by atoms with E-state index in [4.69, 9.17) is 4.74 Å². The van der Waals surface area contributed by atoms with Crippen molar-refractivity contribution in [1.29, 1.82) is 0 Å². The van der Waals surface area contributed by atoms with Crippen molar-refractivity contribution < 1.29 is 14.3 Å². The van der Waals surface area contributed by atoms with Gasteiger partial charge in [-0.25, -0.2) is 0 Å². The summed E-state index contributed by atoms with van der Waals surface area (Å²) in [6.45, 7) is 3.34. The fraction of sp³-hybridized carbons (Fsp3) is 0.355. The highest BCUT2D eigenvalue weighted by molar-refractivity contribution is 6.02. The van der Waals surface area contributed by atoms with E-state index < -0.39 is 0 Å². The van der Waals surface area contributed by atoms with E-state index in [9.17, 15) is 9.59 Å². The fourth-order valence-corrected chi connectivity index (χ4v) is 5.34. The van der Waals surface area contributed by atoms with E-state index in [1.54, 1.807) is 0 Å². The molecule has 0 spiro atoms. The van der Waals surface area contributed by atoms with Crippen molar-refractivity contribution >= 4 is 23.2 Å². The first-order chi connectivity index (χ1) is 18.2. The van der Waals surface area contributed by atoms with Crippen molar-refractivity contribution in [2.45, 2.75) is 32.1 Å². The molecule has 3 aromatic carbocycles. The summed E-state index contributed by atoms with van der Waals surface area (Å²) in [4.78, 5) is 30.4. The molecule has 2 aliphatic rings. The summed E-state index contributed by atoms with van der Waals surface area (Å²) in [5.41, 5.74) is 3.65. The van der Waals surface area contributed by atoms with Gasteiger partial charge in [-0.15, -0.1) is 0 Å². The van der Waals surface area contributed by atoms with E-state index in [0.717, 1.165) is 64.0 Å². The monoisotopic (exact) mass is 497 g/mol. The lowest BCUT2D eigenvalue weighted by molar-refractivity contribution is -0.118. The van der Waals surface area contributed by atoms with Gasteiger partial charge in [-0.05, 0) is 73.9 Å². The van der Waals surface area contributed by atoms with Crippen LogP contribution in [0.4, 0.5) is 11.4 Å². The number of hydrogen-bond donors (Lipinski definition) is 1. The number of nitrogens with zero attached hydrogens (tertiary/aromatic N) is 2. The first kappa shape index (κ1) is 24.9. The minimum atomic E-state index is -0.252. The molecular formula is C31H35N3O3. The zero-order chi connectivity index (χ0) is 25.5. The molecule has 3 aromatic rings. The molecule has 2 saturated heterocycles. The fourth-order valence-electron chi connectivity index (χ4n) is 5.34. The van der Waals surface area contributed by atoms with Gasteiger partial charge in [0.1, 0.15) is 5.75 Å². The van der Waals surface area contributed by atoms with Gasteiger partial charge in [0.05, 0.1) is 5.56 Å². The number of nitrogens with one attached hydrogen (secondary N) is 1. The Morgan fingerprint density at radius 1 is 0.838 bits per heavy atom. The molecule has 0 aliphatic carbocycles. The Morgan fingerprint density at radius 3 is 2.22 bits per heavy atom. The number of para-hydroxylation sites is 1. The highest BCUT2D eigenvalue weighted by Gasteiger charge is 2.27. The van der Waals surface area contributed by atoms with Crippen LogP contribution in [0.25, 0.3) is 0 Å². The zero-order valence-electron chi connectivity index (χ0n) is 21.3. The highest BCUT2D eigenvalue weighted by atomic mass is 16.5. The molecule has 0 atom stereocenters. The smallest absolute Gasteiger partial charge is 0.262 e. The second-order valence-electron chi connectivity index (χ2n) is 10.0. The predicted octanol–water partition coefficient (Wildman–Crippen LogP) is 5.40. The summed E-state index contributed by atoms with van der Waals surface area (Å²) in [7, 11) is 0. The predicted molar refractivity (Wildman–Crippen MR) is 147 cm³/mol. The van der Waals surface area contributed by atoms with Gasteiger partial charge in [0, 0.05) is 37.6 Å². The maximum Gasteiger partial charge on any atom is 0.262 e. The number of carbonyl (C=O) groups is 2. The van der Waals surface area contributed by atoms with Crippen molar-refractivity contribution in [2.24, 2.45) is 5.92 Å². The summed E-state index contributed by atoms with van der Waals surface area (Å²) in [5.74, 6) is 1.10. The van der Waals surface area contributed by atoms with Crippen molar-refractivity contribution in [1.82, 2.24) is 4.90 Å². The number of ether oxygens (including phenoxy) is 1. The SMILES string of the molecule is O=C(COc1ccccc1)Nc1ccc(N2CCC(Cc3ccccc3)CC2)c(C(=O)N2CCCC2)c1. The molecule has 2 amide bonds. The quantitative estimate of drug-likeness (QED) is 0.453. The number of carbonyl (C=O) groups excluding carboxylic acids is 2. The van der Waals surface area contributed by atoms with E-state index in [0.29, 0.717) is 22.9 Å². The van der Waals surface area contributed by atoms with Gasteiger partial charge in [-0.3, -0.25) is 9.59 Å². The molecule has 5 rings (SSSR count). The van der Waals surface area contributed by atoms with Gasteiger partial charge in [-0.2, -0.15) is 0 Å². The van der Waals surface area contributed by atoms with Crippen LogP contribution in [0.1, 0.15) is 41.6 Å². The molecule has 37 heavy (non-hydrogen) atoms. The summed E-state index contributed by atoms with van der Waals surface area (Å²) < 4.78 is 5.58. The van der Waals surface area contributed by atoms with E-state index in [2.05, 4.69) is 40.5 Å². The van der Waals surface area contributed by atoms with Crippen molar-refractivity contribution in [2.75, 3.05) is 43.0 Å². The number of piperidine rings is 1. The molecule has 6 heteroatoms. The van der Waals surface area contributed by atoms with Crippen LogP contribution in [0.5, 0.6) is 5.75 Å². The third kappa shape index (κ3) is 6.50. The van der Waals surface area contributed by atoms with E-state index in [1.807, 2.05) is 53.4 Å². The van der Waals surface area contributed by atoms with Crippen LogP contribution in [-0.2, 0) is 11.2 Å². The van der Waals surface area contributed by atoms with Crippen LogP contribution in [0.2, 0.25) is 0 Å². The maximum absolute atomic E-state index is 13.5. The highest BCUT2D eigenvalue weighted by Crippen LogP contribution is 2.31. The Balaban J connectivity index is 1.27. The molecule has 0 unspecified atom stereocenters. The molecule has 1 N–H and O–H groups in total. The van der Waals surface area contributed by atoms with Crippen LogP contribution in [0, 0.1) is 5.92 Å². The summed E-state index contributed by atoms with van der Waals surface area (Å²) in [6, 6.07) is 25.7. The molecule has 2 heterocycles. The molecule has 6 nitrogen and oxygen atoms in total.